The van der Waals surface area contributed by atoms with Gasteiger partial charge in [-0.2, -0.15) is 0 Å². The molecule has 5 nitrogen and oxygen atoms in total. The molecule has 0 N–H and O–H groups in total. The molecule has 17 heavy (non-hydrogen) atoms. The third kappa shape index (κ3) is 3.66. The molecule has 1 unspecified atom stereocenters. The van der Waals surface area contributed by atoms with Crippen LogP contribution < -0.4 is 0 Å². The first kappa shape index (κ1) is 13.9. The number of carbonyl (C=O) groups is 2. The number of likely N-dealkylation sites (tertiary alicyclic amines) is 1. The van der Waals surface area contributed by atoms with E-state index in [4.69, 9.17) is 17.0 Å². The van der Waals surface area contributed by atoms with Crippen LogP contribution in [0.25, 0.3) is 0 Å². The maximum Gasteiger partial charge on any atom is 0.415 e. The van der Waals surface area contributed by atoms with Gasteiger partial charge in [-0.1, -0.05) is 12.2 Å². The maximum absolute atomic E-state index is 11.8. The Hall–Kier alpha value is -1.17. The fourth-order valence-corrected chi connectivity index (χ4v) is 1.88. The first-order valence-corrected chi connectivity index (χ1v) is 5.76. The highest BCUT2D eigenvalue weighted by Gasteiger charge is 2.37. The number of ether oxygens (including phenoxy) is 2. The lowest BCUT2D eigenvalue weighted by Gasteiger charge is -2.24. The number of esters is 1. The van der Waals surface area contributed by atoms with Crippen molar-refractivity contribution in [2.24, 2.45) is 5.92 Å². The molecule has 0 aromatic carbocycles. The van der Waals surface area contributed by atoms with Crippen molar-refractivity contribution in [1.82, 2.24) is 4.90 Å². The molecular formula is C11H17NO4S. The molecule has 0 aromatic rings. The number of hydrogen-bond donors (Lipinski definition) is 0. The Bertz CT molecular complexity index is 348. The van der Waals surface area contributed by atoms with Gasteiger partial charge in [-0.05, 0) is 20.8 Å². The van der Waals surface area contributed by atoms with Crippen molar-refractivity contribution in [3.8, 4) is 0 Å². The van der Waals surface area contributed by atoms with Crippen molar-refractivity contribution in [1.29, 1.82) is 0 Å². The second-order valence-corrected chi connectivity index (χ2v) is 5.38. The molecule has 6 heteroatoms. The Labute approximate surface area is 106 Å². The molecule has 0 aliphatic carbocycles. The Morgan fingerprint density at radius 2 is 2.00 bits per heavy atom. The number of rotatable bonds is 1. The number of thiocarbonyl (C=S) groups is 1. The predicted octanol–water partition coefficient (Wildman–Crippen LogP) is 1.74. The van der Waals surface area contributed by atoms with Crippen molar-refractivity contribution < 1.29 is 19.1 Å². The third-order valence-electron chi connectivity index (χ3n) is 2.27. The topological polar surface area (TPSA) is 55.8 Å². The van der Waals surface area contributed by atoms with Crippen molar-refractivity contribution >= 4 is 29.3 Å². The summed E-state index contributed by atoms with van der Waals surface area (Å²) in [4.78, 5) is 24.9. The number of methoxy groups -OCH3 is 1. The maximum atomic E-state index is 11.8. The van der Waals surface area contributed by atoms with E-state index in [1.54, 1.807) is 20.8 Å². The van der Waals surface area contributed by atoms with Crippen LogP contribution >= 0.6 is 12.2 Å². The molecule has 0 bridgehead atoms. The van der Waals surface area contributed by atoms with Gasteiger partial charge in [0.2, 0.25) is 0 Å². The minimum Gasteiger partial charge on any atom is -0.469 e. The van der Waals surface area contributed by atoms with E-state index < -0.39 is 11.7 Å². The van der Waals surface area contributed by atoms with E-state index in [9.17, 15) is 9.59 Å². The van der Waals surface area contributed by atoms with Crippen LogP contribution in [0.5, 0.6) is 0 Å². The quantitative estimate of drug-likeness (QED) is 0.530. The molecule has 0 aromatic heterocycles. The zero-order valence-corrected chi connectivity index (χ0v) is 11.3. The van der Waals surface area contributed by atoms with Gasteiger partial charge in [0.05, 0.1) is 18.0 Å². The van der Waals surface area contributed by atoms with E-state index in [1.165, 1.54) is 12.0 Å². The normalized spacial score (nSPS) is 20.4. The van der Waals surface area contributed by atoms with Gasteiger partial charge in [0, 0.05) is 13.0 Å². The summed E-state index contributed by atoms with van der Waals surface area (Å²) in [6, 6.07) is 0. The SMILES string of the molecule is COC(=O)C1CC(=S)N(C(=O)OC(C)(C)C)C1. The summed E-state index contributed by atoms with van der Waals surface area (Å²) in [6.45, 7) is 5.58. The lowest BCUT2D eigenvalue weighted by atomic mass is 10.1. The van der Waals surface area contributed by atoms with Crippen LogP contribution in [0.1, 0.15) is 27.2 Å². The number of nitrogens with zero attached hydrogens (tertiary/aromatic N) is 1. The summed E-state index contributed by atoms with van der Waals surface area (Å²) in [6.07, 6.45) is -0.143. The Morgan fingerprint density at radius 3 is 2.47 bits per heavy atom. The van der Waals surface area contributed by atoms with Gasteiger partial charge in [0.15, 0.2) is 0 Å². The highest BCUT2D eigenvalue weighted by Crippen LogP contribution is 2.22. The first-order valence-electron chi connectivity index (χ1n) is 5.36. The van der Waals surface area contributed by atoms with Crippen LogP contribution in [0.2, 0.25) is 0 Å². The predicted molar refractivity (Wildman–Crippen MR) is 65.7 cm³/mol. The molecule has 1 rings (SSSR count). The molecule has 0 spiro atoms. The zero-order chi connectivity index (χ0) is 13.2. The molecule has 1 atom stereocenters. The van der Waals surface area contributed by atoms with Gasteiger partial charge in [-0.15, -0.1) is 0 Å². The highest BCUT2D eigenvalue weighted by atomic mass is 32.1. The van der Waals surface area contributed by atoms with Crippen LogP contribution in [-0.2, 0) is 14.3 Å². The molecule has 0 saturated carbocycles. The van der Waals surface area contributed by atoms with Gasteiger partial charge in [-0.3, -0.25) is 9.69 Å². The average molecular weight is 259 g/mol. The van der Waals surface area contributed by atoms with Crippen LogP contribution in [0.3, 0.4) is 0 Å². The van der Waals surface area contributed by atoms with Crippen molar-refractivity contribution in [3.05, 3.63) is 0 Å². The Morgan fingerprint density at radius 1 is 1.41 bits per heavy atom. The van der Waals surface area contributed by atoms with Gasteiger partial charge in [-0.25, -0.2) is 4.79 Å². The Balaban J connectivity index is 2.65. The minimum atomic E-state index is -0.573. The van der Waals surface area contributed by atoms with Gasteiger partial charge < -0.3 is 9.47 Å². The number of carbonyl (C=O) groups excluding carboxylic acids is 2. The Kier molecular flexibility index (Phi) is 4.08. The molecule has 0 radical (unpaired) electrons. The average Bonchev–Trinajstić information content (AvgIpc) is 2.56. The van der Waals surface area contributed by atoms with Crippen LogP contribution in [0, 0.1) is 5.92 Å². The van der Waals surface area contributed by atoms with Gasteiger partial charge in [0.1, 0.15) is 5.60 Å². The van der Waals surface area contributed by atoms with Gasteiger partial charge >= 0.3 is 12.1 Å². The van der Waals surface area contributed by atoms with Crippen LogP contribution in [0.4, 0.5) is 4.79 Å². The van der Waals surface area contributed by atoms with Crippen LogP contribution in [-0.4, -0.2) is 41.2 Å². The lowest BCUT2D eigenvalue weighted by molar-refractivity contribution is -0.144. The molecule has 1 fully saturated rings. The number of amides is 1. The fourth-order valence-electron chi connectivity index (χ4n) is 1.53. The first-order chi connectivity index (χ1) is 7.74. The zero-order valence-electron chi connectivity index (χ0n) is 10.5. The molecule has 1 saturated heterocycles. The second-order valence-electron chi connectivity index (χ2n) is 4.91. The standard InChI is InChI=1S/C11H17NO4S/c1-11(2,3)16-10(14)12-6-7(5-8(12)17)9(13)15-4/h7H,5-6H2,1-4H3. The number of hydrogen-bond acceptors (Lipinski definition) is 5. The minimum absolute atomic E-state index is 0.237. The lowest BCUT2D eigenvalue weighted by Crippen LogP contribution is -2.37. The molecule has 1 aliphatic rings. The molecule has 1 aliphatic heterocycles. The van der Waals surface area contributed by atoms with E-state index in [1.807, 2.05) is 0 Å². The largest absolute Gasteiger partial charge is 0.469 e. The third-order valence-corrected chi connectivity index (χ3v) is 2.66. The van der Waals surface area contributed by atoms with Crippen molar-refractivity contribution in [2.75, 3.05) is 13.7 Å². The van der Waals surface area contributed by atoms with E-state index in [-0.39, 0.29) is 18.4 Å². The van der Waals surface area contributed by atoms with Crippen LogP contribution in [0.15, 0.2) is 0 Å². The van der Waals surface area contributed by atoms with E-state index in [0.717, 1.165) is 0 Å². The summed E-state index contributed by atoms with van der Waals surface area (Å²) in [7, 11) is 1.32. The van der Waals surface area contributed by atoms with Crippen molar-refractivity contribution in [2.45, 2.75) is 32.8 Å². The summed E-state index contributed by atoms with van der Waals surface area (Å²) in [5, 5.41) is 0. The van der Waals surface area contributed by atoms with Crippen molar-refractivity contribution in [3.63, 3.8) is 0 Å². The van der Waals surface area contributed by atoms with E-state index in [0.29, 0.717) is 11.4 Å². The molecule has 1 amide bonds. The van der Waals surface area contributed by atoms with E-state index in [2.05, 4.69) is 4.74 Å². The summed E-state index contributed by atoms with van der Waals surface area (Å²) in [5.41, 5.74) is -0.573. The molecule has 96 valence electrons. The summed E-state index contributed by atoms with van der Waals surface area (Å²) >= 11 is 5.07. The molecular weight excluding hydrogens is 242 g/mol. The summed E-state index contributed by atoms with van der Waals surface area (Å²) < 4.78 is 9.84. The van der Waals surface area contributed by atoms with E-state index >= 15 is 0 Å². The smallest absolute Gasteiger partial charge is 0.415 e. The second kappa shape index (κ2) is 5.00. The highest BCUT2D eigenvalue weighted by molar-refractivity contribution is 7.80. The fraction of sp³-hybridized carbons (Fsp3) is 0.727. The van der Waals surface area contributed by atoms with Gasteiger partial charge in [0.25, 0.3) is 0 Å². The molecule has 1 heterocycles. The summed E-state index contributed by atoms with van der Waals surface area (Å²) in [5.74, 6) is -0.724. The monoisotopic (exact) mass is 259 g/mol.